The molecule has 100 valence electrons. The minimum atomic E-state index is 0.198. The van der Waals surface area contributed by atoms with Gasteiger partial charge in [-0.1, -0.05) is 18.2 Å². The highest BCUT2D eigenvalue weighted by atomic mass is 16.5. The second-order valence-electron chi connectivity index (χ2n) is 3.98. The van der Waals surface area contributed by atoms with Crippen molar-refractivity contribution in [3.05, 3.63) is 54.5 Å². The van der Waals surface area contributed by atoms with Crippen LogP contribution in [0.3, 0.4) is 0 Å². The Morgan fingerprint density at radius 1 is 1.15 bits per heavy atom. The van der Waals surface area contributed by atoms with Crippen molar-refractivity contribution in [2.45, 2.75) is 6.54 Å². The van der Waals surface area contributed by atoms with Crippen molar-refractivity contribution in [3.63, 3.8) is 0 Å². The fourth-order valence-corrected chi connectivity index (χ4v) is 1.67. The number of para-hydroxylation sites is 1. The van der Waals surface area contributed by atoms with Gasteiger partial charge in [-0.2, -0.15) is 10.1 Å². The molecule has 0 spiro atoms. The summed E-state index contributed by atoms with van der Waals surface area (Å²) >= 11 is 0. The van der Waals surface area contributed by atoms with E-state index in [9.17, 15) is 0 Å². The van der Waals surface area contributed by atoms with E-state index in [1.54, 1.807) is 23.3 Å². The lowest BCUT2D eigenvalue weighted by molar-refractivity contribution is 0.413. The Morgan fingerprint density at radius 2 is 2.00 bits per heavy atom. The average molecular weight is 268 g/mol. The lowest BCUT2D eigenvalue weighted by atomic mass is 10.3. The summed E-state index contributed by atoms with van der Waals surface area (Å²) in [6.45, 7) is 0.310. The molecule has 0 amide bonds. The molecule has 0 saturated heterocycles. The molecule has 0 aliphatic rings. The van der Waals surface area contributed by atoms with Crippen LogP contribution in [0.4, 0.5) is 0 Å². The standard InChI is InChI=1S/C13H12N6O/c14-8-10-6-7-16-17-12(10)20-13-15-9-19(18-13)11-4-2-1-3-5-11/h1-7,9H,8,14H2. The first kappa shape index (κ1) is 12.2. The predicted octanol–water partition coefficient (Wildman–Crippen LogP) is 1.31. The number of rotatable bonds is 4. The highest BCUT2D eigenvalue weighted by molar-refractivity contribution is 5.30. The van der Waals surface area contributed by atoms with Crippen LogP contribution in [0.2, 0.25) is 0 Å². The maximum absolute atomic E-state index is 5.61. The first-order chi connectivity index (χ1) is 9.86. The van der Waals surface area contributed by atoms with Crippen molar-refractivity contribution >= 4 is 0 Å². The Labute approximate surface area is 115 Å². The molecule has 0 aliphatic heterocycles. The number of nitrogens with two attached hydrogens (primary N) is 1. The normalized spacial score (nSPS) is 10.4. The third-order valence-electron chi connectivity index (χ3n) is 2.67. The fourth-order valence-electron chi connectivity index (χ4n) is 1.67. The number of ether oxygens (including phenoxy) is 1. The van der Waals surface area contributed by atoms with Crippen molar-refractivity contribution in [1.29, 1.82) is 0 Å². The summed E-state index contributed by atoms with van der Waals surface area (Å²) in [5.41, 5.74) is 7.25. The van der Waals surface area contributed by atoms with E-state index >= 15 is 0 Å². The van der Waals surface area contributed by atoms with E-state index < -0.39 is 0 Å². The molecule has 0 unspecified atom stereocenters. The molecule has 2 heterocycles. The highest BCUT2D eigenvalue weighted by Gasteiger charge is 2.09. The predicted molar refractivity (Wildman–Crippen MR) is 71.4 cm³/mol. The lowest BCUT2D eigenvalue weighted by Gasteiger charge is -2.03. The molecule has 0 atom stereocenters. The molecule has 2 N–H and O–H groups in total. The van der Waals surface area contributed by atoms with Gasteiger partial charge in [0.15, 0.2) is 0 Å². The fraction of sp³-hybridized carbons (Fsp3) is 0.0769. The molecule has 0 radical (unpaired) electrons. The van der Waals surface area contributed by atoms with Gasteiger partial charge in [0.1, 0.15) is 6.33 Å². The van der Waals surface area contributed by atoms with Gasteiger partial charge < -0.3 is 10.5 Å². The quantitative estimate of drug-likeness (QED) is 0.767. The van der Waals surface area contributed by atoms with Gasteiger partial charge in [0.2, 0.25) is 5.88 Å². The molecule has 0 bridgehead atoms. The van der Waals surface area contributed by atoms with Gasteiger partial charge in [-0.3, -0.25) is 0 Å². The second-order valence-corrected chi connectivity index (χ2v) is 3.98. The van der Waals surface area contributed by atoms with Crippen molar-refractivity contribution in [2.24, 2.45) is 5.73 Å². The Bertz CT molecular complexity index is 697. The maximum Gasteiger partial charge on any atom is 0.342 e. The van der Waals surface area contributed by atoms with Crippen LogP contribution in [0, 0.1) is 0 Å². The van der Waals surface area contributed by atoms with Crippen LogP contribution in [-0.2, 0) is 6.54 Å². The second kappa shape index (κ2) is 5.45. The number of hydrogen-bond donors (Lipinski definition) is 1. The first-order valence-electron chi connectivity index (χ1n) is 6.02. The molecule has 7 nitrogen and oxygen atoms in total. The van der Waals surface area contributed by atoms with Crippen molar-refractivity contribution in [2.75, 3.05) is 0 Å². The average Bonchev–Trinajstić information content (AvgIpc) is 2.97. The Kier molecular flexibility index (Phi) is 3.34. The van der Waals surface area contributed by atoms with Gasteiger partial charge in [-0.15, -0.1) is 10.2 Å². The molecular weight excluding hydrogens is 256 g/mol. The van der Waals surface area contributed by atoms with E-state index in [2.05, 4.69) is 20.3 Å². The maximum atomic E-state index is 5.61. The Hall–Kier alpha value is -2.80. The zero-order chi connectivity index (χ0) is 13.8. The summed E-state index contributed by atoms with van der Waals surface area (Å²) in [6, 6.07) is 11.6. The van der Waals surface area contributed by atoms with Crippen LogP contribution in [0.5, 0.6) is 11.9 Å². The minimum Gasteiger partial charge on any atom is -0.402 e. The molecule has 0 aliphatic carbocycles. The van der Waals surface area contributed by atoms with E-state index in [0.29, 0.717) is 12.4 Å². The van der Waals surface area contributed by atoms with Crippen LogP contribution < -0.4 is 10.5 Å². The van der Waals surface area contributed by atoms with Crippen LogP contribution >= 0.6 is 0 Å². The van der Waals surface area contributed by atoms with E-state index in [4.69, 9.17) is 10.5 Å². The zero-order valence-corrected chi connectivity index (χ0v) is 10.5. The van der Waals surface area contributed by atoms with Crippen LogP contribution in [0.25, 0.3) is 5.69 Å². The molecule has 1 aromatic carbocycles. The molecule has 2 aromatic heterocycles. The van der Waals surface area contributed by atoms with Gasteiger partial charge in [0, 0.05) is 12.1 Å². The van der Waals surface area contributed by atoms with Crippen LogP contribution in [0.15, 0.2) is 48.9 Å². The smallest absolute Gasteiger partial charge is 0.342 e. The van der Waals surface area contributed by atoms with Gasteiger partial charge in [0.25, 0.3) is 0 Å². The lowest BCUT2D eigenvalue weighted by Crippen LogP contribution is -2.03. The van der Waals surface area contributed by atoms with Gasteiger partial charge in [0.05, 0.1) is 11.9 Å². The Morgan fingerprint density at radius 3 is 2.80 bits per heavy atom. The number of aromatic nitrogens is 5. The largest absolute Gasteiger partial charge is 0.402 e. The molecule has 0 saturated carbocycles. The summed E-state index contributed by atoms with van der Waals surface area (Å²) in [6.07, 6.45) is 3.13. The van der Waals surface area contributed by atoms with Gasteiger partial charge in [-0.05, 0) is 18.2 Å². The number of hydrogen-bond acceptors (Lipinski definition) is 6. The van der Waals surface area contributed by atoms with Gasteiger partial charge >= 0.3 is 6.01 Å². The van der Waals surface area contributed by atoms with E-state index in [1.807, 2.05) is 30.3 Å². The summed E-state index contributed by atoms with van der Waals surface area (Å²) in [7, 11) is 0. The highest BCUT2D eigenvalue weighted by Crippen LogP contribution is 2.18. The molecule has 3 rings (SSSR count). The molecule has 3 aromatic rings. The summed E-state index contributed by atoms with van der Waals surface area (Å²) < 4.78 is 7.12. The third-order valence-corrected chi connectivity index (χ3v) is 2.67. The molecular formula is C13H12N6O. The van der Waals surface area contributed by atoms with Crippen molar-refractivity contribution in [3.8, 4) is 17.6 Å². The third kappa shape index (κ3) is 2.47. The van der Waals surface area contributed by atoms with Gasteiger partial charge in [-0.25, -0.2) is 4.68 Å². The van der Waals surface area contributed by atoms with Crippen LogP contribution in [0.1, 0.15) is 5.56 Å². The summed E-state index contributed by atoms with van der Waals surface area (Å²) in [5.74, 6) is 0.320. The van der Waals surface area contributed by atoms with E-state index in [1.165, 1.54) is 0 Å². The Balaban J connectivity index is 1.84. The topological polar surface area (TPSA) is 91.7 Å². The van der Waals surface area contributed by atoms with Crippen molar-refractivity contribution in [1.82, 2.24) is 25.0 Å². The molecule has 20 heavy (non-hydrogen) atoms. The van der Waals surface area contributed by atoms with E-state index in [0.717, 1.165) is 11.3 Å². The van der Waals surface area contributed by atoms with Crippen LogP contribution in [-0.4, -0.2) is 25.0 Å². The summed E-state index contributed by atoms with van der Waals surface area (Å²) in [4.78, 5) is 4.08. The SMILES string of the molecule is NCc1ccnnc1Oc1ncn(-c2ccccc2)n1. The first-order valence-corrected chi connectivity index (χ1v) is 6.02. The molecule has 0 fully saturated rings. The number of nitrogens with zero attached hydrogens (tertiary/aromatic N) is 5. The number of benzene rings is 1. The zero-order valence-electron chi connectivity index (χ0n) is 10.5. The van der Waals surface area contributed by atoms with Crippen molar-refractivity contribution < 1.29 is 4.74 Å². The summed E-state index contributed by atoms with van der Waals surface area (Å²) in [5, 5.41) is 11.9. The molecule has 7 heteroatoms. The van der Waals surface area contributed by atoms with E-state index in [-0.39, 0.29) is 6.01 Å². The monoisotopic (exact) mass is 268 g/mol. The minimum absolute atomic E-state index is 0.198.